The van der Waals surface area contributed by atoms with E-state index in [0.29, 0.717) is 42.9 Å². The van der Waals surface area contributed by atoms with E-state index in [9.17, 15) is 4.79 Å². The second kappa shape index (κ2) is 8.74. The summed E-state index contributed by atoms with van der Waals surface area (Å²) in [4.78, 5) is 12.3. The van der Waals surface area contributed by atoms with Gasteiger partial charge in [-0.25, -0.2) is 0 Å². The number of para-hydroxylation sites is 1. The number of carbonyl (C=O) groups excluding carboxylic acids is 1. The van der Waals surface area contributed by atoms with Crippen LogP contribution in [0.15, 0.2) is 42.5 Å². The molecule has 0 aliphatic carbocycles. The highest BCUT2D eigenvalue weighted by Crippen LogP contribution is 2.38. The second-order valence-electron chi connectivity index (χ2n) is 5.64. The predicted molar refractivity (Wildman–Crippen MR) is 102 cm³/mol. The maximum Gasteiger partial charge on any atom is 0.248 e. The lowest BCUT2D eigenvalue weighted by atomic mass is 10.1. The third-order valence-electron chi connectivity index (χ3n) is 3.78. The third kappa shape index (κ3) is 4.56. The molecule has 0 saturated heterocycles. The summed E-state index contributed by atoms with van der Waals surface area (Å²) in [7, 11) is 0. The molecule has 0 bridgehead atoms. The molecule has 0 atom stereocenters. The van der Waals surface area contributed by atoms with Crippen LogP contribution in [0.1, 0.15) is 18.1 Å². The van der Waals surface area contributed by atoms with Crippen molar-refractivity contribution < 1.29 is 19.0 Å². The van der Waals surface area contributed by atoms with Gasteiger partial charge < -0.3 is 19.5 Å². The molecule has 0 unspecified atom stereocenters. The Labute approximate surface area is 157 Å². The smallest absolute Gasteiger partial charge is 0.248 e. The monoisotopic (exact) mass is 373 g/mol. The molecule has 26 heavy (non-hydrogen) atoms. The van der Waals surface area contributed by atoms with Crippen LogP contribution < -0.4 is 14.8 Å². The fourth-order valence-corrected chi connectivity index (χ4v) is 2.83. The van der Waals surface area contributed by atoms with Crippen molar-refractivity contribution in [1.82, 2.24) is 0 Å². The van der Waals surface area contributed by atoms with Gasteiger partial charge in [-0.1, -0.05) is 29.8 Å². The van der Waals surface area contributed by atoms with Gasteiger partial charge in [-0.2, -0.15) is 0 Å². The summed E-state index contributed by atoms with van der Waals surface area (Å²) in [6, 6.07) is 11.1. The number of nitrogens with one attached hydrogen (secondary N) is 1. The number of hydrogen-bond donors (Lipinski definition) is 1. The Morgan fingerprint density at radius 1 is 1.27 bits per heavy atom. The van der Waals surface area contributed by atoms with Crippen LogP contribution in [-0.4, -0.2) is 25.7 Å². The maximum atomic E-state index is 12.3. The van der Waals surface area contributed by atoms with Crippen molar-refractivity contribution in [2.24, 2.45) is 0 Å². The van der Waals surface area contributed by atoms with E-state index in [2.05, 4.69) is 5.32 Å². The van der Waals surface area contributed by atoms with Gasteiger partial charge in [-0.05, 0) is 36.8 Å². The van der Waals surface area contributed by atoms with E-state index < -0.39 is 0 Å². The molecule has 136 valence electrons. The Hall–Kier alpha value is -2.50. The summed E-state index contributed by atoms with van der Waals surface area (Å²) in [5.74, 6) is 0.898. The van der Waals surface area contributed by atoms with E-state index in [1.54, 1.807) is 18.2 Å². The van der Waals surface area contributed by atoms with Crippen LogP contribution in [0.3, 0.4) is 0 Å². The van der Waals surface area contributed by atoms with Crippen molar-refractivity contribution >= 4 is 29.3 Å². The topological polar surface area (TPSA) is 56.8 Å². The number of anilines is 1. The largest absolute Gasteiger partial charge is 0.486 e. The van der Waals surface area contributed by atoms with Gasteiger partial charge in [-0.3, -0.25) is 4.79 Å². The highest BCUT2D eigenvalue weighted by atomic mass is 35.5. The van der Waals surface area contributed by atoms with Crippen LogP contribution in [0.2, 0.25) is 5.02 Å². The van der Waals surface area contributed by atoms with Crippen molar-refractivity contribution in [3.63, 3.8) is 0 Å². The zero-order valence-corrected chi connectivity index (χ0v) is 15.2. The Bertz CT molecular complexity index is 819. The van der Waals surface area contributed by atoms with Crippen LogP contribution in [0, 0.1) is 0 Å². The zero-order valence-electron chi connectivity index (χ0n) is 14.5. The van der Waals surface area contributed by atoms with Crippen LogP contribution >= 0.6 is 11.6 Å². The molecule has 0 aromatic heterocycles. The quantitative estimate of drug-likeness (QED) is 0.767. The van der Waals surface area contributed by atoms with Gasteiger partial charge >= 0.3 is 0 Å². The summed E-state index contributed by atoms with van der Waals surface area (Å²) in [5.41, 5.74) is 2.42. The van der Waals surface area contributed by atoms with Crippen molar-refractivity contribution in [3.05, 3.63) is 58.6 Å². The molecule has 1 aliphatic rings. The van der Waals surface area contributed by atoms with E-state index in [1.807, 2.05) is 31.2 Å². The van der Waals surface area contributed by atoms with Crippen LogP contribution in [0.5, 0.6) is 11.5 Å². The van der Waals surface area contributed by atoms with E-state index in [4.69, 9.17) is 25.8 Å². The summed E-state index contributed by atoms with van der Waals surface area (Å²) in [6.07, 6.45) is 3.14. The van der Waals surface area contributed by atoms with Gasteiger partial charge in [0.15, 0.2) is 11.5 Å². The van der Waals surface area contributed by atoms with E-state index in [1.165, 1.54) is 6.08 Å². The molecule has 2 aromatic carbocycles. The first kappa shape index (κ1) is 18.3. The minimum Gasteiger partial charge on any atom is -0.486 e. The minimum absolute atomic E-state index is 0.236. The van der Waals surface area contributed by atoms with E-state index in [0.717, 1.165) is 16.8 Å². The zero-order chi connectivity index (χ0) is 18.4. The Morgan fingerprint density at radius 3 is 2.92 bits per heavy atom. The first-order chi connectivity index (χ1) is 12.7. The number of hydrogen-bond acceptors (Lipinski definition) is 4. The number of amides is 1. The van der Waals surface area contributed by atoms with Gasteiger partial charge in [0.2, 0.25) is 5.91 Å². The number of rotatable bonds is 6. The molecule has 2 aromatic rings. The molecule has 1 heterocycles. The van der Waals surface area contributed by atoms with E-state index in [-0.39, 0.29) is 5.91 Å². The van der Waals surface area contributed by atoms with E-state index >= 15 is 0 Å². The lowest BCUT2D eigenvalue weighted by Gasteiger charge is -2.19. The molecule has 0 spiro atoms. The van der Waals surface area contributed by atoms with Crippen molar-refractivity contribution in [3.8, 4) is 11.5 Å². The molecule has 1 N–H and O–H groups in total. The molecule has 1 amide bonds. The first-order valence-electron chi connectivity index (χ1n) is 8.41. The molecular weight excluding hydrogens is 354 g/mol. The Kier molecular flexibility index (Phi) is 6.15. The standard InChI is InChI=1S/C20H20ClNO4/c1-2-24-13-15-5-3-4-6-17(15)22-19(23)8-7-14-11-16(21)20-18(12-14)25-9-10-26-20/h3-8,11-12H,2,9-10,13H2,1H3,(H,22,23)/b8-7+. The number of benzene rings is 2. The summed E-state index contributed by atoms with van der Waals surface area (Å²) < 4.78 is 16.5. The van der Waals surface area contributed by atoms with Gasteiger partial charge in [0.05, 0.1) is 11.6 Å². The highest BCUT2D eigenvalue weighted by molar-refractivity contribution is 6.32. The van der Waals surface area contributed by atoms with Crippen LogP contribution in [0.25, 0.3) is 6.08 Å². The van der Waals surface area contributed by atoms with Crippen LogP contribution in [-0.2, 0) is 16.1 Å². The Balaban J connectivity index is 1.70. The summed E-state index contributed by atoms with van der Waals surface area (Å²) in [5, 5.41) is 3.33. The maximum absolute atomic E-state index is 12.3. The normalized spacial score (nSPS) is 13.0. The fraction of sp³-hybridized carbons (Fsp3) is 0.250. The fourth-order valence-electron chi connectivity index (χ4n) is 2.55. The molecular formula is C20H20ClNO4. The summed E-state index contributed by atoms with van der Waals surface area (Å²) >= 11 is 6.21. The molecule has 0 radical (unpaired) electrons. The third-order valence-corrected chi connectivity index (χ3v) is 4.06. The average molecular weight is 374 g/mol. The van der Waals surface area contributed by atoms with Gasteiger partial charge in [0.25, 0.3) is 0 Å². The molecule has 1 aliphatic heterocycles. The molecule has 6 heteroatoms. The predicted octanol–water partition coefficient (Wildman–Crippen LogP) is 4.30. The lowest BCUT2D eigenvalue weighted by molar-refractivity contribution is -0.111. The number of carbonyl (C=O) groups is 1. The Morgan fingerprint density at radius 2 is 2.08 bits per heavy atom. The summed E-state index contributed by atoms with van der Waals surface area (Å²) in [6.45, 7) is 3.96. The molecule has 3 rings (SSSR count). The molecule has 0 fully saturated rings. The molecule has 5 nitrogen and oxygen atoms in total. The lowest BCUT2D eigenvalue weighted by Crippen LogP contribution is -2.15. The SMILES string of the molecule is CCOCc1ccccc1NC(=O)/C=C/c1cc(Cl)c2c(c1)OCCO2. The van der Waals surface area contributed by atoms with Gasteiger partial charge in [0, 0.05) is 23.9 Å². The second-order valence-corrected chi connectivity index (χ2v) is 6.05. The average Bonchev–Trinajstić information content (AvgIpc) is 2.66. The number of fused-ring (bicyclic) bond motifs is 1. The van der Waals surface area contributed by atoms with Gasteiger partial charge in [0.1, 0.15) is 13.2 Å². The van der Waals surface area contributed by atoms with Crippen molar-refractivity contribution in [2.45, 2.75) is 13.5 Å². The number of ether oxygens (including phenoxy) is 3. The minimum atomic E-state index is -0.236. The molecule has 0 saturated carbocycles. The first-order valence-corrected chi connectivity index (χ1v) is 8.79. The highest BCUT2D eigenvalue weighted by Gasteiger charge is 2.16. The van der Waals surface area contributed by atoms with Crippen molar-refractivity contribution in [2.75, 3.05) is 25.1 Å². The number of halogens is 1. The van der Waals surface area contributed by atoms with Gasteiger partial charge in [-0.15, -0.1) is 0 Å². The van der Waals surface area contributed by atoms with Crippen molar-refractivity contribution in [1.29, 1.82) is 0 Å². The van der Waals surface area contributed by atoms with Crippen LogP contribution in [0.4, 0.5) is 5.69 Å².